The van der Waals surface area contributed by atoms with E-state index in [4.69, 9.17) is 5.73 Å². The van der Waals surface area contributed by atoms with E-state index in [0.29, 0.717) is 16.4 Å². The van der Waals surface area contributed by atoms with Gasteiger partial charge in [0, 0.05) is 12.6 Å². The molecule has 0 aliphatic heterocycles. The van der Waals surface area contributed by atoms with Crippen molar-refractivity contribution in [2.75, 3.05) is 18.5 Å². The lowest BCUT2D eigenvalue weighted by Gasteiger charge is -1.98. The summed E-state index contributed by atoms with van der Waals surface area (Å²) in [7, 11) is 1.59. The van der Waals surface area contributed by atoms with Gasteiger partial charge >= 0.3 is 0 Å². The molecule has 100 valence electrons. The Balaban J connectivity index is 2.16. The number of hydrogen-bond donors (Lipinski definition) is 2. The van der Waals surface area contributed by atoms with Crippen molar-refractivity contribution < 1.29 is 9.18 Å². The van der Waals surface area contributed by atoms with E-state index in [-0.39, 0.29) is 11.7 Å². The number of benzene rings is 1. The molecule has 1 amide bonds. The molecule has 0 radical (unpaired) electrons. The van der Waals surface area contributed by atoms with Crippen LogP contribution in [0.4, 0.5) is 9.39 Å². The van der Waals surface area contributed by atoms with Gasteiger partial charge in [-0.3, -0.25) is 4.79 Å². The first kappa shape index (κ1) is 13.8. The number of nitrogens with one attached hydrogen (secondary N) is 1. The largest absolute Gasteiger partial charge is 0.389 e. The van der Waals surface area contributed by atoms with Gasteiger partial charge in [-0.25, -0.2) is 9.37 Å². The summed E-state index contributed by atoms with van der Waals surface area (Å²) < 4.78 is 13.6. The molecule has 1 aromatic heterocycles. The summed E-state index contributed by atoms with van der Waals surface area (Å²) in [6.45, 7) is 0. The van der Waals surface area contributed by atoms with Gasteiger partial charge in [0.05, 0.1) is 5.75 Å². The lowest BCUT2D eigenvalue weighted by Crippen LogP contribution is -2.19. The van der Waals surface area contributed by atoms with Crippen molar-refractivity contribution in [1.82, 2.24) is 10.3 Å². The number of thioether (sulfide) groups is 1. The molecule has 7 heteroatoms. The Morgan fingerprint density at radius 2 is 2.16 bits per heavy atom. The first-order chi connectivity index (χ1) is 9.10. The van der Waals surface area contributed by atoms with E-state index >= 15 is 0 Å². The van der Waals surface area contributed by atoms with Crippen LogP contribution in [-0.2, 0) is 4.79 Å². The van der Waals surface area contributed by atoms with E-state index in [1.54, 1.807) is 19.2 Å². The molecular formula is C12H12FN3OS2. The average Bonchev–Trinajstić information content (AvgIpc) is 2.78. The molecular weight excluding hydrogens is 285 g/mol. The van der Waals surface area contributed by atoms with Crippen LogP contribution in [0.1, 0.15) is 0 Å². The number of hydrogen-bond acceptors (Lipinski definition) is 5. The van der Waals surface area contributed by atoms with Crippen LogP contribution in [0.15, 0.2) is 28.6 Å². The van der Waals surface area contributed by atoms with Crippen LogP contribution in [0.25, 0.3) is 11.3 Å². The number of aromatic nitrogens is 1. The number of nitrogen functional groups attached to an aromatic ring is 1. The number of thiazole rings is 1. The highest BCUT2D eigenvalue weighted by molar-refractivity contribution is 8.01. The van der Waals surface area contributed by atoms with Crippen molar-refractivity contribution in [2.45, 2.75) is 4.34 Å². The monoisotopic (exact) mass is 297 g/mol. The van der Waals surface area contributed by atoms with Crippen LogP contribution in [0.2, 0.25) is 0 Å². The van der Waals surface area contributed by atoms with Crippen molar-refractivity contribution in [2.24, 2.45) is 0 Å². The minimum absolute atomic E-state index is 0.0675. The number of anilines is 1. The van der Waals surface area contributed by atoms with E-state index in [1.165, 1.54) is 35.2 Å². The summed E-state index contributed by atoms with van der Waals surface area (Å²) in [5, 5.41) is 3.10. The highest BCUT2D eigenvalue weighted by atomic mass is 32.2. The van der Waals surface area contributed by atoms with Crippen molar-refractivity contribution in [3.05, 3.63) is 30.1 Å². The second-order valence-electron chi connectivity index (χ2n) is 3.66. The highest BCUT2D eigenvalue weighted by Gasteiger charge is 2.12. The fraction of sp³-hybridized carbons (Fsp3) is 0.167. The van der Waals surface area contributed by atoms with Gasteiger partial charge in [0.15, 0.2) is 4.34 Å². The Kier molecular flexibility index (Phi) is 4.39. The van der Waals surface area contributed by atoms with Crippen LogP contribution in [0, 0.1) is 5.82 Å². The van der Waals surface area contributed by atoms with Gasteiger partial charge in [-0.2, -0.15) is 0 Å². The first-order valence-corrected chi connectivity index (χ1v) is 7.26. The van der Waals surface area contributed by atoms with E-state index in [9.17, 15) is 9.18 Å². The fourth-order valence-electron chi connectivity index (χ4n) is 1.39. The molecule has 1 aromatic carbocycles. The number of carbonyl (C=O) groups excluding carboxylic acids is 1. The first-order valence-electron chi connectivity index (χ1n) is 5.45. The average molecular weight is 297 g/mol. The number of rotatable bonds is 4. The quantitative estimate of drug-likeness (QED) is 0.850. The van der Waals surface area contributed by atoms with Gasteiger partial charge in [-0.05, 0) is 24.3 Å². The third-order valence-corrected chi connectivity index (χ3v) is 4.38. The summed E-state index contributed by atoms with van der Waals surface area (Å²) in [5.41, 5.74) is 7.29. The summed E-state index contributed by atoms with van der Waals surface area (Å²) in [5.74, 6) is -0.0689. The molecule has 0 spiro atoms. The minimum atomic E-state index is -0.299. The zero-order chi connectivity index (χ0) is 13.8. The zero-order valence-corrected chi connectivity index (χ0v) is 11.8. The number of halogens is 1. The molecule has 1 heterocycles. The van der Waals surface area contributed by atoms with Crippen molar-refractivity contribution >= 4 is 34.0 Å². The van der Waals surface area contributed by atoms with E-state index in [1.807, 2.05) is 0 Å². The topological polar surface area (TPSA) is 68.0 Å². The van der Waals surface area contributed by atoms with Crippen LogP contribution < -0.4 is 11.1 Å². The minimum Gasteiger partial charge on any atom is -0.389 e. The maximum Gasteiger partial charge on any atom is 0.230 e. The Hall–Kier alpha value is -1.60. The van der Waals surface area contributed by atoms with Crippen LogP contribution in [0.5, 0.6) is 0 Å². The SMILES string of the molecule is CNC(=O)CSc1nc(-c2ccc(F)cc2)c(N)s1. The lowest BCUT2D eigenvalue weighted by molar-refractivity contribution is -0.118. The highest BCUT2D eigenvalue weighted by Crippen LogP contribution is 2.35. The third kappa shape index (κ3) is 3.45. The predicted molar refractivity (Wildman–Crippen MR) is 76.7 cm³/mol. The summed E-state index contributed by atoms with van der Waals surface area (Å²) in [6, 6.07) is 6.00. The number of nitrogens with zero attached hydrogens (tertiary/aromatic N) is 1. The maximum atomic E-state index is 12.9. The Bertz CT molecular complexity index is 583. The second-order valence-corrected chi connectivity index (χ2v) is 5.91. The van der Waals surface area contributed by atoms with Crippen LogP contribution in [-0.4, -0.2) is 23.7 Å². The van der Waals surface area contributed by atoms with Gasteiger partial charge in [0.25, 0.3) is 0 Å². The molecule has 0 atom stereocenters. The lowest BCUT2D eigenvalue weighted by atomic mass is 10.2. The van der Waals surface area contributed by atoms with E-state index in [2.05, 4.69) is 10.3 Å². The van der Waals surface area contributed by atoms with Crippen molar-refractivity contribution in [3.63, 3.8) is 0 Å². The van der Waals surface area contributed by atoms with Gasteiger partial charge in [-0.15, -0.1) is 0 Å². The molecule has 19 heavy (non-hydrogen) atoms. The molecule has 2 rings (SSSR count). The number of carbonyl (C=O) groups is 1. The fourth-order valence-corrected chi connectivity index (χ4v) is 3.21. The smallest absolute Gasteiger partial charge is 0.230 e. The second kappa shape index (κ2) is 6.03. The molecule has 0 aliphatic rings. The summed E-state index contributed by atoms with van der Waals surface area (Å²) in [6.07, 6.45) is 0. The predicted octanol–water partition coefficient (Wildman–Crippen LogP) is 2.37. The van der Waals surface area contributed by atoms with Crippen molar-refractivity contribution in [1.29, 1.82) is 0 Å². The Labute approximate surface area is 118 Å². The maximum absolute atomic E-state index is 12.9. The molecule has 2 aromatic rings. The number of amides is 1. The van der Waals surface area contributed by atoms with Gasteiger partial charge in [0.2, 0.25) is 5.91 Å². The van der Waals surface area contributed by atoms with Gasteiger partial charge in [-0.1, -0.05) is 23.1 Å². The molecule has 0 saturated carbocycles. The molecule has 4 nitrogen and oxygen atoms in total. The molecule has 0 unspecified atom stereocenters. The van der Waals surface area contributed by atoms with Gasteiger partial charge in [0.1, 0.15) is 16.5 Å². The number of nitrogens with two attached hydrogens (primary N) is 1. The molecule has 0 bridgehead atoms. The third-order valence-electron chi connectivity index (χ3n) is 2.36. The zero-order valence-electron chi connectivity index (χ0n) is 10.1. The molecule has 0 aliphatic carbocycles. The normalized spacial score (nSPS) is 10.4. The molecule has 3 N–H and O–H groups in total. The standard InChI is InChI=1S/C12H12FN3OS2/c1-15-9(17)6-18-12-16-10(11(14)19-12)7-2-4-8(13)5-3-7/h2-5H,6,14H2,1H3,(H,15,17). The van der Waals surface area contributed by atoms with Crippen molar-refractivity contribution in [3.8, 4) is 11.3 Å². The summed E-state index contributed by atoms with van der Waals surface area (Å²) in [4.78, 5) is 15.5. The van der Waals surface area contributed by atoms with E-state index in [0.717, 1.165) is 9.90 Å². The van der Waals surface area contributed by atoms with Crippen LogP contribution >= 0.6 is 23.1 Å². The molecule has 0 fully saturated rings. The Morgan fingerprint density at radius 3 is 2.79 bits per heavy atom. The van der Waals surface area contributed by atoms with Crippen LogP contribution in [0.3, 0.4) is 0 Å². The van der Waals surface area contributed by atoms with E-state index < -0.39 is 0 Å². The van der Waals surface area contributed by atoms with Gasteiger partial charge < -0.3 is 11.1 Å². The summed E-state index contributed by atoms with van der Waals surface area (Å²) >= 11 is 2.65. The molecule has 0 saturated heterocycles. The Morgan fingerprint density at radius 1 is 1.47 bits per heavy atom.